The van der Waals surface area contributed by atoms with Crippen LogP contribution in [0.15, 0.2) is 60.9 Å². The van der Waals surface area contributed by atoms with Crippen molar-refractivity contribution >= 4 is 29.0 Å². The van der Waals surface area contributed by atoms with Gasteiger partial charge >= 0.3 is 0 Å². The van der Waals surface area contributed by atoms with Crippen molar-refractivity contribution in [2.75, 3.05) is 11.9 Å². The van der Waals surface area contributed by atoms with Gasteiger partial charge in [-0.1, -0.05) is 17.7 Å². The van der Waals surface area contributed by atoms with Crippen LogP contribution in [0.25, 0.3) is 16.9 Å². The summed E-state index contributed by atoms with van der Waals surface area (Å²) in [6.07, 6.45) is 3.70. The van der Waals surface area contributed by atoms with E-state index in [2.05, 4.69) is 30.6 Å². The van der Waals surface area contributed by atoms with Gasteiger partial charge < -0.3 is 14.8 Å². The van der Waals surface area contributed by atoms with E-state index in [9.17, 15) is 0 Å². The quantitative estimate of drug-likeness (QED) is 0.403. The topological polar surface area (TPSA) is 104 Å². The number of hydrogen-bond donors (Lipinski definition) is 1. The van der Waals surface area contributed by atoms with E-state index in [1.54, 1.807) is 23.1 Å². The highest BCUT2D eigenvalue weighted by atomic mass is 35.5. The Morgan fingerprint density at radius 3 is 2.91 bits per heavy atom. The summed E-state index contributed by atoms with van der Waals surface area (Å²) in [5.74, 6) is 3.23. The van der Waals surface area contributed by atoms with E-state index >= 15 is 0 Å². The molecule has 10 nitrogen and oxygen atoms in total. The molecular formula is C23H19ClN8O2. The summed E-state index contributed by atoms with van der Waals surface area (Å²) >= 11 is 6.11. The van der Waals surface area contributed by atoms with Gasteiger partial charge in [0.2, 0.25) is 11.8 Å². The number of aryl methyl sites for hydroxylation is 1. The third-order valence-corrected chi connectivity index (χ3v) is 5.74. The molecule has 1 atom stereocenters. The first-order valence-electron chi connectivity index (χ1n) is 10.7. The Labute approximate surface area is 199 Å². The van der Waals surface area contributed by atoms with Crippen molar-refractivity contribution in [3.05, 3.63) is 71.8 Å². The molecule has 0 fully saturated rings. The molecule has 0 saturated heterocycles. The maximum Gasteiger partial charge on any atom is 0.228 e. The van der Waals surface area contributed by atoms with E-state index in [-0.39, 0.29) is 6.10 Å². The van der Waals surface area contributed by atoms with Crippen LogP contribution in [0, 0.1) is 0 Å². The third kappa shape index (κ3) is 3.77. The molecule has 6 rings (SSSR count). The second kappa shape index (κ2) is 8.31. The largest absolute Gasteiger partial charge is 0.482 e. The summed E-state index contributed by atoms with van der Waals surface area (Å²) in [7, 11) is 1.84. The van der Waals surface area contributed by atoms with Crippen molar-refractivity contribution in [3.8, 4) is 22.9 Å². The highest BCUT2D eigenvalue weighted by Gasteiger charge is 2.26. The number of anilines is 2. The summed E-state index contributed by atoms with van der Waals surface area (Å²) in [5.41, 5.74) is 2.21. The fourth-order valence-electron chi connectivity index (χ4n) is 3.88. The number of nitrogens with one attached hydrogen (secondary N) is 1. The second-order valence-corrected chi connectivity index (χ2v) is 8.20. The fourth-order valence-corrected chi connectivity index (χ4v) is 4.06. The molecule has 5 heterocycles. The molecule has 1 aromatic carbocycles. The van der Waals surface area contributed by atoms with E-state index in [4.69, 9.17) is 21.1 Å². The van der Waals surface area contributed by atoms with E-state index in [0.29, 0.717) is 47.1 Å². The van der Waals surface area contributed by atoms with Gasteiger partial charge in [-0.3, -0.25) is 4.68 Å². The van der Waals surface area contributed by atoms with Gasteiger partial charge in [0.15, 0.2) is 17.6 Å². The minimum Gasteiger partial charge on any atom is -0.482 e. The Hall–Kier alpha value is -4.18. The van der Waals surface area contributed by atoms with Crippen LogP contribution in [0.2, 0.25) is 5.02 Å². The second-order valence-electron chi connectivity index (χ2n) is 7.77. The Kier molecular flexibility index (Phi) is 4.99. The highest BCUT2D eigenvalue weighted by Crippen LogP contribution is 2.33. The average Bonchev–Trinajstić information content (AvgIpc) is 3.40. The monoisotopic (exact) mass is 474 g/mol. The van der Waals surface area contributed by atoms with Gasteiger partial charge in [0, 0.05) is 42.4 Å². The van der Waals surface area contributed by atoms with Crippen molar-refractivity contribution in [1.29, 1.82) is 0 Å². The predicted molar refractivity (Wildman–Crippen MR) is 125 cm³/mol. The zero-order valence-corrected chi connectivity index (χ0v) is 18.8. The maximum absolute atomic E-state index is 6.19. The van der Waals surface area contributed by atoms with Gasteiger partial charge in [-0.2, -0.15) is 5.10 Å². The van der Waals surface area contributed by atoms with Crippen LogP contribution >= 0.6 is 11.6 Å². The van der Waals surface area contributed by atoms with Crippen molar-refractivity contribution in [2.45, 2.75) is 12.5 Å². The summed E-state index contributed by atoms with van der Waals surface area (Å²) in [4.78, 5) is 8.97. The molecule has 34 heavy (non-hydrogen) atoms. The lowest BCUT2D eigenvalue weighted by atomic mass is 10.2. The van der Waals surface area contributed by atoms with Gasteiger partial charge in [-0.05, 0) is 30.3 Å². The standard InChI is InChI=1S/C23H19ClN8O2/c1-31-19(6-9-26-31)28-23-25-8-5-17(27-23)14-11-20-29-30-22-18(7-10-33-21(12-14)32(20)22)34-16-4-2-3-15(24)13-16/h2-6,8-9,11-13,18H,7,10H2,1H3,(H,25,27,28). The number of rotatable bonds is 5. The minimum absolute atomic E-state index is 0.325. The van der Waals surface area contributed by atoms with Gasteiger partial charge in [-0.25, -0.2) is 14.4 Å². The smallest absolute Gasteiger partial charge is 0.228 e. The normalized spacial score (nSPS) is 15.1. The Morgan fingerprint density at radius 1 is 1.12 bits per heavy atom. The van der Waals surface area contributed by atoms with E-state index in [1.807, 2.05) is 53.9 Å². The number of hydrogen-bond acceptors (Lipinski definition) is 8. The molecule has 0 aliphatic carbocycles. The highest BCUT2D eigenvalue weighted by molar-refractivity contribution is 6.30. The fraction of sp³-hybridized carbons (Fsp3) is 0.174. The van der Waals surface area contributed by atoms with Crippen LogP contribution < -0.4 is 14.8 Å². The van der Waals surface area contributed by atoms with Crippen LogP contribution in [0.4, 0.5) is 11.8 Å². The van der Waals surface area contributed by atoms with Crippen LogP contribution in [-0.4, -0.2) is 41.0 Å². The SMILES string of the molecule is Cn1nccc1Nc1nccc(-c2cc3n4c(nnc4c2)C(Oc2cccc(Cl)c2)CCO3)n1. The molecule has 5 aromatic rings. The number of nitrogens with zero attached hydrogens (tertiary/aromatic N) is 7. The molecule has 1 aliphatic rings. The number of pyridine rings is 1. The molecular weight excluding hydrogens is 456 g/mol. The zero-order valence-electron chi connectivity index (χ0n) is 18.1. The first kappa shape index (κ1) is 20.4. The number of benzene rings is 1. The van der Waals surface area contributed by atoms with E-state index in [0.717, 1.165) is 17.1 Å². The predicted octanol–water partition coefficient (Wildman–Crippen LogP) is 4.22. The number of halogens is 1. The zero-order chi connectivity index (χ0) is 23.1. The lowest BCUT2D eigenvalue weighted by Crippen LogP contribution is -2.11. The van der Waals surface area contributed by atoms with Crippen LogP contribution in [0.3, 0.4) is 0 Å². The van der Waals surface area contributed by atoms with Gasteiger partial charge in [0.25, 0.3) is 0 Å². The van der Waals surface area contributed by atoms with Gasteiger partial charge in [0.1, 0.15) is 11.6 Å². The lowest BCUT2D eigenvalue weighted by Gasteiger charge is -2.15. The molecule has 11 heteroatoms. The van der Waals surface area contributed by atoms with Crippen LogP contribution in [0.1, 0.15) is 18.3 Å². The lowest BCUT2D eigenvalue weighted by molar-refractivity contribution is 0.166. The molecule has 0 amide bonds. The van der Waals surface area contributed by atoms with Crippen molar-refractivity contribution < 1.29 is 9.47 Å². The molecule has 0 saturated carbocycles. The van der Waals surface area contributed by atoms with Crippen LogP contribution in [-0.2, 0) is 7.05 Å². The summed E-state index contributed by atoms with van der Waals surface area (Å²) < 4.78 is 15.8. The molecule has 1 N–H and O–H groups in total. The maximum atomic E-state index is 6.19. The minimum atomic E-state index is -0.325. The Bertz CT molecular complexity index is 1500. The Balaban J connectivity index is 1.34. The van der Waals surface area contributed by atoms with E-state index < -0.39 is 0 Å². The van der Waals surface area contributed by atoms with Gasteiger partial charge in [-0.15, -0.1) is 10.2 Å². The molecule has 0 bridgehead atoms. The first-order valence-corrected chi connectivity index (χ1v) is 11.0. The van der Waals surface area contributed by atoms with Gasteiger partial charge in [0.05, 0.1) is 18.5 Å². The Morgan fingerprint density at radius 2 is 2.06 bits per heavy atom. The van der Waals surface area contributed by atoms with Crippen molar-refractivity contribution in [3.63, 3.8) is 0 Å². The van der Waals surface area contributed by atoms with E-state index in [1.165, 1.54) is 0 Å². The number of ether oxygens (including phenoxy) is 2. The molecule has 1 aliphatic heterocycles. The molecule has 0 spiro atoms. The molecule has 4 aromatic heterocycles. The van der Waals surface area contributed by atoms with Crippen molar-refractivity contribution in [2.24, 2.45) is 7.05 Å². The summed E-state index contributed by atoms with van der Waals surface area (Å²) in [6.45, 7) is 0.463. The first-order chi connectivity index (χ1) is 16.6. The molecule has 170 valence electrons. The summed E-state index contributed by atoms with van der Waals surface area (Å²) in [6, 6.07) is 14.8. The third-order valence-electron chi connectivity index (χ3n) is 5.50. The number of aromatic nitrogens is 7. The summed E-state index contributed by atoms with van der Waals surface area (Å²) in [5, 5.41) is 16.7. The van der Waals surface area contributed by atoms with Crippen molar-refractivity contribution in [1.82, 2.24) is 34.3 Å². The molecule has 0 radical (unpaired) electrons. The van der Waals surface area contributed by atoms with Crippen LogP contribution in [0.5, 0.6) is 11.6 Å². The molecule has 1 unspecified atom stereocenters. The average molecular weight is 475 g/mol.